The van der Waals surface area contributed by atoms with Crippen LogP contribution in [0.4, 0.5) is 4.79 Å². The number of urea groups is 1. The number of carbonyl (C=O) groups is 1. The van der Waals surface area contributed by atoms with Gasteiger partial charge in [0.05, 0.1) is 0 Å². The van der Waals surface area contributed by atoms with Gasteiger partial charge in [-0.05, 0) is 37.5 Å². The molecule has 17 heavy (non-hydrogen) atoms. The molecule has 0 aromatic carbocycles. The minimum atomic E-state index is 0.0774. The molecular weight excluding hydrogens is 216 g/mol. The van der Waals surface area contributed by atoms with E-state index in [2.05, 4.69) is 12.2 Å². The number of aliphatic hydroxyl groups excluding tert-OH is 1. The summed E-state index contributed by atoms with van der Waals surface area (Å²) in [5, 5.41) is 11.8. The van der Waals surface area contributed by atoms with Gasteiger partial charge in [0.1, 0.15) is 0 Å². The van der Waals surface area contributed by atoms with Crippen molar-refractivity contribution in [1.29, 1.82) is 0 Å². The van der Waals surface area contributed by atoms with Gasteiger partial charge in [-0.2, -0.15) is 0 Å². The minimum Gasteiger partial charge on any atom is -0.396 e. The van der Waals surface area contributed by atoms with Crippen molar-refractivity contribution in [2.75, 3.05) is 26.2 Å². The molecule has 1 aliphatic rings. The quantitative estimate of drug-likeness (QED) is 0.723. The maximum absolute atomic E-state index is 11.8. The van der Waals surface area contributed by atoms with E-state index < -0.39 is 0 Å². The topological polar surface area (TPSA) is 52.6 Å². The maximum Gasteiger partial charge on any atom is 0.317 e. The number of hydrogen-bond acceptors (Lipinski definition) is 2. The van der Waals surface area contributed by atoms with Gasteiger partial charge in [-0.3, -0.25) is 0 Å². The predicted octanol–water partition coefficient (Wildman–Crippen LogP) is 1.84. The molecule has 1 heterocycles. The van der Waals surface area contributed by atoms with Gasteiger partial charge in [0.15, 0.2) is 0 Å². The van der Waals surface area contributed by atoms with Crippen molar-refractivity contribution in [2.24, 2.45) is 11.8 Å². The Morgan fingerprint density at radius 3 is 2.71 bits per heavy atom. The van der Waals surface area contributed by atoms with Crippen LogP contribution in [0.15, 0.2) is 0 Å². The summed E-state index contributed by atoms with van der Waals surface area (Å²) in [5.74, 6) is 1.09. The summed E-state index contributed by atoms with van der Waals surface area (Å²) in [4.78, 5) is 13.7. The van der Waals surface area contributed by atoms with E-state index in [-0.39, 0.29) is 12.6 Å². The van der Waals surface area contributed by atoms with E-state index in [1.54, 1.807) is 0 Å². The largest absolute Gasteiger partial charge is 0.396 e. The zero-order valence-electron chi connectivity index (χ0n) is 11.1. The number of amides is 2. The van der Waals surface area contributed by atoms with Crippen LogP contribution in [-0.4, -0.2) is 42.3 Å². The van der Waals surface area contributed by atoms with Gasteiger partial charge in [-0.25, -0.2) is 4.79 Å². The fraction of sp³-hybridized carbons (Fsp3) is 0.923. The van der Waals surface area contributed by atoms with Crippen molar-refractivity contribution in [3.8, 4) is 0 Å². The van der Waals surface area contributed by atoms with Crippen molar-refractivity contribution in [3.63, 3.8) is 0 Å². The molecule has 1 saturated heterocycles. The van der Waals surface area contributed by atoms with Crippen molar-refractivity contribution in [2.45, 2.75) is 39.5 Å². The van der Waals surface area contributed by atoms with Crippen LogP contribution in [0.5, 0.6) is 0 Å². The molecule has 0 radical (unpaired) electrons. The zero-order valence-corrected chi connectivity index (χ0v) is 11.1. The second-order valence-electron chi connectivity index (χ2n) is 5.33. The Bertz CT molecular complexity index is 225. The molecule has 0 aromatic heterocycles. The van der Waals surface area contributed by atoms with Crippen LogP contribution in [0.3, 0.4) is 0 Å². The molecule has 1 rings (SSSR count). The molecule has 0 aromatic rings. The Kier molecular flexibility index (Phi) is 6.34. The van der Waals surface area contributed by atoms with Gasteiger partial charge in [0, 0.05) is 26.2 Å². The summed E-state index contributed by atoms with van der Waals surface area (Å²) in [6, 6.07) is 0.0774. The monoisotopic (exact) mass is 242 g/mol. The summed E-state index contributed by atoms with van der Waals surface area (Å²) in [7, 11) is 0. The average Bonchev–Trinajstić information content (AvgIpc) is 2.34. The molecule has 0 spiro atoms. The van der Waals surface area contributed by atoms with Crippen LogP contribution in [0.25, 0.3) is 0 Å². The number of carbonyl (C=O) groups excluding carboxylic acids is 1. The Morgan fingerprint density at radius 1 is 1.47 bits per heavy atom. The molecule has 2 amide bonds. The molecule has 4 nitrogen and oxygen atoms in total. The average molecular weight is 242 g/mol. The molecule has 1 fully saturated rings. The fourth-order valence-electron chi connectivity index (χ4n) is 2.06. The van der Waals surface area contributed by atoms with Crippen LogP contribution >= 0.6 is 0 Å². The first-order valence-electron chi connectivity index (χ1n) is 6.77. The van der Waals surface area contributed by atoms with Crippen LogP contribution < -0.4 is 5.32 Å². The van der Waals surface area contributed by atoms with Gasteiger partial charge < -0.3 is 15.3 Å². The lowest BCUT2D eigenvalue weighted by Crippen LogP contribution is -2.44. The molecule has 0 aliphatic carbocycles. The van der Waals surface area contributed by atoms with Crippen LogP contribution in [0.1, 0.15) is 39.5 Å². The molecule has 4 heteroatoms. The van der Waals surface area contributed by atoms with Crippen LogP contribution in [-0.2, 0) is 0 Å². The molecule has 1 aliphatic heterocycles. The molecule has 100 valence electrons. The first kappa shape index (κ1) is 14.3. The highest BCUT2D eigenvalue weighted by molar-refractivity contribution is 5.74. The predicted molar refractivity (Wildman–Crippen MR) is 68.9 cm³/mol. The fourth-order valence-corrected chi connectivity index (χ4v) is 2.06. The lowest BCUT2D eigenvalue weighted by molar-refractivity contribution is 0.173. The SMILES string of the molecule is CC(CO)CCCNC(=O)N1CCC(C)CC1. The highest BCUT2D eigenvalue weighted by Gasteiger charge is 2.19. The lowest BCUT2D eigenvalue weighted by atomic mass is 10.00. The summed E-state index contributed by atoms with van der Waals surface area (Å²) in [6.07, 6.45) is 4.15. The van der Waals surface area contributed by atoms with E-state index in [4.69, 9.17) is 5.11 Å². The van der Waals surface area contributed by atoms with E-state index in [1.165, 1.54) is 0 Å². The molecule has 2 N–H and O–H groups in total. The van der Waals surface area contributed by atoms with E-state index >= 15 is 0 Å². The Labute approximate surface area is 104 Å². The van der Waals surface area contributed by atoms with Gasteiger partial charge in [0.2, 0.25) is 0 Å². The third kappa shape index (κ3) is 5.39. The van der Waals surface area contributed by atoms with Crippen LogP contribution in [0, 0.1) is 11.8 Å². The number of hydrogen-bond donors (Lipinski definition) is 2. The Hall–Kier alpha value is -0.770. The molecule has 1 unspecified atom stereocenters. The zero-order chi connectivity index (χ0) is 12.7. The number of aliphatic hydroxyl groups is 1. The van der Waals surface area contributed by atoms with E-state index in [0.717, 1.165) is 51.2 Å². The highest BCUT2D eigenvalue weighted by Crippen LogP contribution is 2.15. The Morgan fingerprint density at radius 2 is 2.12 bits per heavy atom. The molecule has 1 atom stereocenters. The molecule has 0 saturated carbocycles. The normalized spacial score (nSPS) is 19.1. The van der Waals surface area contributed by atoms with Crippen LogP contribution in [0.2, 0.25) is 0 Å². The van der Waals surface area contributed by atoms with Gasteiger partial charge in [0.25, 0.3) is 0 Å². The van der Waals surface area contributed by atoms with Crippen molar-refractivity contribution < 1.29 is 9.90 Å². The highest BCUT2D eigenvalue weighted by atomic mass is 16.3. The number of nitrogens with zero attached hydrogens (tertiary/aromatic N) is 1. The van der Waals surface area contributed by atoms with E-state index in [1.807, 2.05) is 11.8 Å². The molecular formula is C13H26N2O2. The Balaban J connectivity index is 2.08. The standard InChI is InChI=1S/C13H26N2O2/c1-11-5-8-15(9-6-11)13(17)14-7-3-4-12(2)10-16/h11-12,16H,3-10H2,1-2H3,(H,14,17). The van der Waals surface area contributed by atoms with E-state index in [9.17, 15) is 4.79 Å². The number of piperidine rings is 1. The van der Waals surface area contributed by atoms with Crippen molar-refractivity contribution in [1.82, 2.24) is 10.2 Å². The summed E-state index contributed by atoms with van der Waals surface area (Å²) < 4.78 is 0. The first-order chi connectivity index (χ1) is 8.13. The smallest absolute Gasteiger partial charge is 0.317 e. The van der Waals surface area contributed by atoms with Gasteiger partial charge in [-0.1, -0.05) is 13.8 Å². The third-order valence-corrected chi connectivity index (χ3v) is 3.53. The number of rotatable bonds is 5. The second kappa shape index (κ2) is 7.54. The summed E-state index contributed by atoms with van der Waals surface area (Å²) in [6.45, 7) is 6.99. The third-order valence-electron chi connectivity index (χ3n) is 3.53. The van der Waals surface area contributed by atoms with Crippen molar-refractivity contribution >= 4 is 6.03 Å². The van der Waals surface area contributed by atoms with Crippen molar-refractivity contribution in [3.05, 3.63) is 0 Å². The van der Waals surface area contributed by atoms with E-state index in [0.29, 0.717) is 5.92 Å². The summed E-state index contributed by atoms with van der Waals surface area (Å²) in [5.41, 5.74) is 0. The second-order valence-corrected chi connectivity index (χ2v) is 5.33. The van der Waals surface area contributed by atoms with Gasteiger partial charge in [-0.15, -0.1) is 0 Å². The van der Waals surface area contributed by atoms with Gasteiger partial charge >= 0.3 is 6.03 Å². The maximum atomic E-state index is 11.8. The first-order valence-corrected chi connectivity index (χ1v) is 6.77. The minimum absolute atomic E-state index is 0.0774. The number of nitrogens with one attached hydrogen (secondary N) is 1. The summed E-state index contributed by atoms with van der Waals surface area (Å²) >= 11 is 0. The lowest BCUT2D eigenvalue weighted by Gasteiger charge is -2.30. The number of likely N-dealkylation sites (tertiary alicyclic amines) is 1. The molecule has 0 bridgehead atoms.